The maximum Gasteiger partial charge on any atom is 0.125 e. The molecule has 0 radical (unpaired) electrons. The molecular weight excluding hydrogens is 260 g/mol. The van der Waals surface area contributed by atoms with Crippen LogP contribution in [0, 0.1) is 13.8 Å². The van der Waals surface area contributed by atoms with Crippen LogP contribution < -0.4 is 0 Å². The second-order valence-electron chi connectivity index (χ2n) is 5.91. The van der Waals surface area contributed by atoms with Crippen LogP contribution >= 0.6 is 0 Å². The summed E-state index contributed by atoms with van der Waals surface area (Å²) in [7, 11) is 0. The number of aromatic nitrogens is 3. The van der Waals surface area contributed by atoms with Crippen LogP contribution in [0.3, 0.4) is 0 Å². The van der Waals surface area contributed by atoms with E-state index < -0.39 is 0 Å². The van der Waals surface area contributed by atoms with E-state index in [9.17, 15) is 0 Å². The van der Waals surface area contributed by atoms with Crippen LogP contribution in [0.1, 0.15) is 41.5 Å². The summed E-state index contributed by atoms with van der Waals surface area (Å²) in [6, 6.07) is 6.33. The van der Waals surface area contributed by atoms with Crippen LogP contribution in [0.4, 0.5) is 0 Å². The lowest BCUT2D eigenvalue weighted by atomic mass is 9.94. The van der Waals surface area contributed by atoms with Crippen molar-refractivity contribution >= 4 is 0 Å². The molecule has 1 fully saturated rings. The number of rotatable bonds is 3. The first-order valence-electron chi connectivity index (χ1n) is 7.64. The molecule has 2 aromatic heterocycles. The van der Waals surface area contributed by atoms with Gasteiger partial charge >= 0.3 is 0 Å². The number of piperidine rings is 1. The molecule has 0 aromatic carbocycles. The summed E-state index contributed by atoms with van der Waals surface area (Å²) >= 11 is 0. The SMILES string of the molecule is Cc1ccc(CN2CCCC(c3ccnc(C)n3)C2)cn1. The van der Waals surface area contributed by atoms with E-state index in [0.717, 1.165) is 31.2 Å². The van der Waals surface area contributed by atoms with Gasteiger partial charge in [-0.25, -0.2) is 9.97 Å². The molecule has 1 aliphatic rings. The quantitative estimate of drug-likeness (QED) is 0.868. The Kier molecular flexibility index (Phi) is 4.25. The number of hydrogen-bond donors (Lipinski definition) is 0. The van der Waals surface area contributed by atoms with Gasteiger partial charge in [0.1, 0.15) is 5.82 Å². The van der Waals surface area contributed by atoms with E-state index in [4.69, 9.17) is 0 Å². The molecule has 3 rings (SSSR count). The van der Waals surface area contributed by atoms with E-state index >= 15 is 0 Å². The Bertz CT molecular complexity index is 594. The normalized spacial score (nSPS) is 19.6. The van der Waals surface area contributed by atoms with Crippen molar-refractivity contribution in [3.8, 4) is 0 Å². The van der Waals surface area contributed by atoms with Crippen LogP contribution in [-0.2, 0) is 6.54 Å². The number of hydrogen-bond acceptors (Lipinski definition) is 4. The molecule has 1 atom stereocenters. The zero-order valence-corrected chi connectivity index (χ0v) is 12.8. The average molecular weight is 282 g/mol. The van der Waals surface area contributed by atoms with Gasteiger partial charge in [0, 0.05) is 42.8 Å². The van der Waals surface area contributed by atoms with Crippen molar-refractivity contribution in [2.45, 2.75) is 39.2 Å². The minimum atomic E-state index is 0.527. The first kappa shape index (κ1) is 14.1. The van der Waals surface area contributed by atoms with Crippen LogP contribution in [0.15, 0.2) is 30.6 Å². The van der Waals surface area contributed by atoms with Gasteiger partial charge in [-0.3, -0.25) is 9.88 Å². The minimum Gasteiger partial charge on any atom is -0.298 e. The van der Waals surface area contributed by atoms with Crippen LogP contribution in [0.2, 0.25) is 0 Å². The summed E-state index contributed by atoms with van der Waals surface area (Å²) in [4.78, 5) is 15.7. The molecule has 0 bridgehead atoms. The van der Waals surface area contributed by atoms with E-state index in [-0.39, 0.29) is 0 Å². The number of aryl methyl sites for hydroxylation is 2. The largest absolute Gasteiger partial charge is 0.298 e. The lowest BCUT2D eigenvalue weighted by Crippen LogP contribution is -2.34. The molecule has 3 heterocycles. The van der Waals surface area contributed by atoms with Gasteiger partial charge in [0.15, 0.2) is 0 Å². The Hall–Kier alpha value is -1.81. The molecule has 0 aliphatic carbocycles. The molecule has 0 N–H and O–H groups in total. The van der Waals surface area contributed by atoms with Crippen molar-refractivity contribution < 1.29 is 0 Å². The Morgan fingerprint density at radius 3 is 2.86 bits per heavy atom. The zero-order chi connectivity index (χ0) is 14.7. The van der Waals surface area contributed by atoms with E-state index in [0.29, 0.717) is 5.92 Å². The summed E-state index contributed by atoms with van der Waals surface area (Å²) in [6.45, 7) is 7.20. The third-order valence-electron chi connectivity index (χ3n) is 4.10. The predicted octanol–water partition coefficient (Wildman–Crippen LogP) is 2.87. The molecule has 1 saturated heterocycles. The van der Waals surface area contributed by atoms with Crippen molar-refractivity contribution in [3.05, 3.63) is 53.4 Å². The van der Waals surface area contributed by atoms with Crippen LogP contribution in [-0.4, -0.2) is 32.9 Å². The molecule has 110 valence electrons. The lowest BCUT2D eigenvalue weighted by molar-refractivity contribution is 0.198. The third-order valence-corrected chi connectivity index (χ3v) is 4.10. The summed E-state index contributed by atoms with van der Waals surface area (Å²) in [5, 5.41) is 0. The highest BCUT2D eigenvalue weighted by molar-refractivity contribution is 5.14. The highest BCUT2D eigenvalue weighted by Gasteiger charge is 2.22. The van der Waals surface area contributed by atoms with E-state index in [1.807, 2.05) is 26.2 Å². The molecule has 1 unspecified atom stereocenters. The Balaban J connectivity index is 1.67. The van der Waals surface area contributed by atoms with Gasteiger partial charge in [0.25, 0.3) is 0 Å². The molecule has 4 nitrogen and oxygen atoms in total. The van der Waals surface area contributed by atoms with Gasteiger partial charge in [-0.2, -0.15) is 0 Å². The van der Waals surface area contributed by atoms with Gasteiger partial charge in [-0.1, -0.05) is 6.07 Å². The first-order chi connectivity index (χ1) is 10.2. The van der Waals surface area contributed by atoms with E-state index in [1.54, 1.807) is 0 Å². The highest BCUT2D eigenvalue weighted by Crippen LogP contribution is 2.26. The fraction of sp³-hybridized carbons (Fsp3) is 0.471. The maximum absolute atomic E-state index is 4.60. The third kappa shape index (κ3) is 3.64. The highest BCUT2D eigenvalue weighted by atomic mass is 15.1. The van der Waals surface area contributed by atoms with Gasteiger partial charge in [-0.15, -0.1) is 0 Å². The van der Waals surface area contributed by atoms with Gasteiger partial charge < -0.3 is 0 Å². The van der Waals surface area contributed by atoms with Crippen LogP contribution in [0.25, 0.3) is 0 Å². The molecule has 0 spiro atoms. The van der Waals surface area contributed by atoms with Gasteiger partial charge in [0.05, 0.1) is 0 Å². The smallest absolute Gasteiger partial charge is 0.125 e. The monoisotopic (exact) mass is 282 g/mol. The topological polar surface area (TPSA) is 41.9 Å². The summed E-state index contributed by atoms with van der Waals surface area (Å²) in [5.74, 6) is 1.39. The predicted molar refractivity (Wildman–Crippen MR) is 83.0 cm³/mol. The second kappa shape index (κ2) is 6.31. The van der Waals surface area contributed by atoms with Crippen molar-refractivity contribution in [2.75, 3.05) is 13.1 Å². The zero-order valence-electron chi connectivity index (χ0n) is 12.8. The fourth-order valence-electron chi connectivity index (χ4n) is 2.99. The van der Waals surface area contributed by atoms with E-state index in [2.05, 4.69) is 38.1 Å². The molecule has 4 heteroatoms. The fourth-order valence-corrected chi connectivity index (χ4v) is 2.99. The lowest BCUT2D eigenvalue weighted by Gasteiger charge is -2.32. The Morgan fingerprint density at radius 1 is 1.19 bits per heavy atom. The Morgan fingerprint density at radius 2 is 2.10 bits per heavy atom. The molecule has 0 amide bonds. The Labute approximate surface area is 126 Å². The number of pyridine rings is 1. The summed E-state index contributed by atoms with van der Waals surface area (Å²) < 4.78 is 0. The summed E-state index contributed by atoms with van der Waals surface area (Å²) in [5.41, 5.74) is 3.56. The summed E-state index contributed by atoms with van der Waals surface area (Å²) in [6.07, 6.45) is 6.32. The molecule has 2 aromatic rings. The maximum atomic E-state index is 4.60. The minimum absolute atomic E-state index is 0.527. The van der Waals surface area contributed by atoms with Gasteiger partial charge in [-0.05, 0) is 50.9 Å². The van der Waals surface area contributed by atoms with Crippen LogP contribution in [0.5, 0.6) is 0 Å². The second-order valence-corrected chi connectivity index (χ2v) is 5.91. The molecular formula is C17H22N4. The number of nitrogens with zero attached hydrogens (tertiary/aromatic N) is 4. The van der Waals surface area contributed by atoms with Crippen molar-refractivity contribution in [2.24, 2.45) is 0 Å². The molecule has 1 aliphatic heterocycles. The average Bonchev–Trinajstić information content (AvgIpc) is 2.50. The number of likely N-dealkylation sites (tertiary alicyclic amines) is 1. The first-order valence-corrected chi connectivity index (χ1v) is 7.64. The van der Waals surface area contributed by atoms with Gasteiger partial charge in [0.2, 0.25) is 0 Å². The van der Waals surface area contributed by atoms with Crippen molar-refractivity contribution in [1.29, 1.82) is 0 Å². The van der Waals surface area contributed by atoms with Crippen molar-refractivity contribution in [3.63, 3.8) is 0 Å². The molecule has 0 saturated carbocycles. The van der Waals surface area contributed by atoms with Crippen molar-refractivity contribution in [1.82, 2.24) is 19.9 Å². The molecule has 21 heavy (non-hydrogen) atoms. The van der Waals surface area contributed by atoms with E-state index in [1.165, 1.54) is 24.1 Å². The standard InChI is InChI=1S/C17H22N4/c1-13-5-6-15(10-19-13)11-21-9-3-4-16(12-21)17-7-8-18-14(2)20-17/h5-8,10,16H,3-4,9,11-12H2,1-2H3.